The molecular weight excluding hydrogens is 492 g/mol. The van der Waals surface area contributed by atoms with Crippen LogP contribution in [0.25, 0.3) is 22.2 Å². The molecule has 190 valence electrons. The fourth-order valence-corrected chi connectivity index (χ4v) is 5.30. The number of nitrogens with zero attached hydrogens (tertiary/aromatic N) is 4. The number of sulfonamides is 1. The Balaban J connectivity index is 0.00000342. The normalized spacial score (nSPS) is 15.3. The molecule has 2 aromatic heterocycles. The van der Waals surface area contributed by atoms with Crippen LogP contribution in [0.1, 0.15) is 10.4 Å². The Morgan fingerprint density at radius 3 is 2.51 bits per heavy atom. The summed E-state index contributed by atoms with van der Waals surface area (Å²) in [6.45, 7) is 3.46. The monoisotopic (exact) mass is 522 g/mol. The zero-order chi connectivity index (χ0) is 24.5. The molecule has 35 heavy (non-hydrogen) atoms. The topological polar surface area (TPSA) is 122 Å². The van der Waals surface area contributed by atoms with Crippen molar-refractivity contribution in [1.29, 1.82) is 0 Å². The van der Waals surface area contributed by atoms with Crippen LogP contribution in [-0.2, 0) is 10.0 Å². The van der Waals surface area contributed by atoms with Crippen LogP contribution < -0.4 is 5.32 Å². The highest BCUT2D eigenvalue weighted by atomic mass is 35.5. The third-order valence-electron chi connectivity index (χ3n) is 5.98. The smallest absolute Gasteiger partial charge is 0.251 e. The second-order valence-electron chi connectivity index (χ2n) is 8.75. The molecule has 1 aliphatic heterocycles. The van der Waals surface area contributed by atoms with Gasteiger partial charge in [0.25, 0.3) is 5.91 Å². The van der Waals surface area contributed by atoms with Crippen LogP contribution in [0.2, 0.25) is 0 Å². The minimum Gasteiger partial charge on any atom is -0.494 e. The number of carbonyl (C=O) groups is 1. The number of H-pyrrole nitrogens is 1. The molecule has 3 heterocycles. The van der Waals surface area contributed by atoms with Gasteiger partial charge in [0.2, 0.25) is 10.0 Å². The second kappa shape index (κ2) is 10.9. The Morgan fingerprint density at radius 1 is 1.17 bits per heavy atom. The summed E-state index contributed by atoms with van der Waals surface area (Å²) in [6, 6.07) is 8.20. The van der Waals surface area contributed by atoms with E-state index in [0.717, 1.165) is 6.54 Å². The van der Waals surface area contributed by atoms with Crippen LogP contribution in [0.15, 0.2) is 41.4 Å². The summed E-state index contributed by atoms with van der Waals surface area (Å²) in [4.78, 5) is 24.0. The van der Waals surface area contributed by atoms with Crippen molar-refractivity contribution in [2.45, 2.75) is 4.90 Å². The van der Waals surface area contributed by atoms with Gasteiger partial charge in [0.15, 0.2) is 5.88 Å². The number of halogens is 1. The Labute approximate surface area is 211 Å². The molecule has 10 nitrogen and oxygen atoms in total. The first-order chi connectivity index (χ1) is 16.2. The largest absolute Gasteiger partial charge is 0.494 e. The Bertz CT molecular complexity index is 1290. The first-order valence-corrected chi connectivity index (χ1v) is 12.5. The molecule has 3 aromatic rings. The van der Waals surface area contributed by atoms with Crippen LogP contribution >= 0.6 is 12.4 Å². The quantitative estimate of drug-likeness (QED) is 0.430. The van der Waals surface area contributed by atoms with E-state index in [4.69, 9.17) is 0 Å². The van der Waals surface area contributed by atoms with E-state index >= 15 is 0 Å². The Kier molecular flexibility index (Phi) is 8.39. The minimum atomic E-state index is -3.64. The van der Waals surface area contributed by atoms with Gasteiger partial charge in [-0.1, -0.05) is 0 Å². The van der Waals surface area contributed by atoms with E-state index in [1.807, 2.05) is 26.0 Å². The van der Waals surface area contributed by atoms with Crippen LogP contribution in [0.5, 0.6) is 5.88 Å². The van der Waals surface area contributed by atoms with Crippen molar-refractivity contribution in [2.75, 3.05) is 60.4 Å². The molecule has 0 aliphatic carbocycles. The fraction of sp³-hybridized carbons (Fsp3) is 0.391. The number of aromatic amines is 1. The van der Waals surface area contributed by atoms with Gasteiger partial charge in [-0.3, -0.25) is 9.78 Å². The lowest BCUT2D eigenvalue weighted by Gasteiger charge is -2.31. The summed E-state index contributed by atoms with van der Waals surface area (Å²) in [6.07, 6.45) is 1.32. The van der Waals surface area contributed by atoms with Gasteiger partial charge in [-0.2, -0.15) is 4.31 Å². The zero-order valence-corrected chi connectivity index (χ0v) is 21.6. The van der Waals surface area contributed by atoms with Gasteiger partial charge < -0.3 is 25.2 Å². The molecule has 1 saturated heterocycles. The molecule has 0 spiro atoms. The molecule has 0 saturated carbocycles. The minimum absolute atomic E-state index is 0. The highest BCUT2D eigenvalue weighted by Crippen LogP contribution is 2.36. The molecule has 1 fully saturated rings. The fourth-order valence-electron chi connectivity index (χ4n) is 3.93. The van der Waals surface area contributed by atoms with Gasteiger partial charge in [0.1, 0.15) is 4.90 Å². The number of benzene rings is 1. The summed E-state index contributed by atoms with van der Waals surface area (Å²) in [5.74, 6) is -0.306. The molecule has 1 aliphatic rings. The maximum atomic E-state index is 13.0. The van der Waals surface area contributed by atoms with Gasteiger partial charge in [-0.05, 0) is 51.5 Å². The van der Waals surface area contributed by atoms with Crippen molar-refractivity contribution in [3.05, 3.63) is 42.1 Å². The van der Waals surface area contributed by atoms with Gasteiger partial charge in [-0.15, -0.1) is 12.4 Å². The molecule has 0 bridgehead atoms. The predicted molar refractivity (Wildman–Crippen MR) is 138 cm³/mol. The number of hydrogen-bond acceptors (Lipinski definition) is 7. The highest BCUT2D eigenvalue weighted by molar-refractivity contribution is 7.89. The van der Waals surface area contributed by atoms with E-state index in [-0.39, 0.29) is 29.1 Å². The maximum absolute atomic E-state index is 13.0. The van der Waals surface area contributed by atoms with E-state index < -0.39 is 10.0 Å². The van der Waals surface area contributed by atoms with E-state index in [9.17, 15) is 18.3 Å². The van der Waals surface area contributed by atoms with Gasteiger partial charge >= 0.3 is 0 Å². The van der Waals surface area contributed by atoms with E-state index in [2.05, 4.69) is 20.2 Å². The number of amides is 1. The van der Waals surface area contributed by atoms with Crippen LogP contribution in [0, 0.1) is 0 Å². The van der Waals surface area contributed by atoms with Gasteiger partial charge in [0, 0.05) is 61.9 Å². The molecule has 0 radical (unpaired) electrons. The third-order valence-corrected chi connectivity index (χ3v) is 7.86. The van der Waals surface area contributed by atoms with Crippen LogP contribution in [-0.4, -0.2) is 104 Å². The average Bonchev–Trinajstić information content (AvgIpc) is 3.14. The first-order valence-electron chi connectivity index (χ1n) is 11.1. The molecule has 1 aromatic carbocycles. The molecule has 0 atom stereocenters. The number of fused-ring (bicyclic) bond motifs is 1. The van der Waals surface area contributed by atoms with Gasteiger partial charge in [0.05, 0.1) is 11.3 Å². The highest BCUT2D eigenvalue weighted by Gasteiger charge is 2.28. The summed E-state index contributed by atoms with van der Waals surface area (Å²) in [7, 11) is 2.19. The number of nitrogens with one attached hydrogen (secondary N) is 2. The molecule has 0 unspecified atom stereocenters. The molecule has 4 rings (SSSR count). The number of piperazine rings is 1. The number of carbonyl (C=O) groups excluding carboxylic acids is 1. The second-order valence-corrected chi connectivity index (χ2v) is 10.7. The Hall–Kier alpha value is -2.70. The summed E-state index contributed by atoms with van der Waals surface area (Å²) in [5.41, 5.74) is 1.93. The van der Waals surface area contributed by atoms with Crippen molar-refractivity contribution in [1.82, 2.24) is 29.4 Å². The van der Waals surface area contributed by atoms with Crippen LogP contribution in [0.4, 0.5) is 0 Å². The molecule has 12 heteroatoms. The predicted octanol–water partition coefficient (Wildman–Crippen LogP) is 1.58. The number of likely N-dealkylation sites (N-methyl/N-ethyl adjacent to an activating group) is 2. The molecular formula is C23H31ClN6O4S. The summed E-state index contributed by atoms with van der Waals surface area (Å²) < 4.78 is 27.4. The lowest BCUT2D eigenvalue weighted by molar-refractivity contribution is 0.0951. The van der Waals surface area contributed by atoms with E-state index in [0.29, 0.717) is 60.4 Å². The first kappa shape index (κ1) is 26.9. The number of aromatic nitrogens is 2. The number of aromatic hydroxyl groups is 1. The molecule has 3 N–H and O–H groups in total. The third kappa shape index (κ3) is 5.76. The van der Waals surface area contributed by atoms with Crippen molar-refractivity contribution in [2.24, 2.45) is 0 Å². The van der Waals surface area contributed by atoms with Crippen molar-refractivity contribution in [3.63, 3.8) is 0 Å². The van der Waals surface area contributed by atoms with Crippen LogP contribution in [0.3, 0.4) is 0 Å². The van der Waals surface area contributed by atoms with Gasteiger partial charge in [-0.25, -0.2) is 8.42 Å². The summed E-state index contributed by atoms with van der Waals surface area (Å²) in [5, 5.41) is 14.0. The Morgan fingerprint density at radius 2 is 1.89 bits per heavy atom. The standard InChI is InChI=1S/C23H30N6O4S.ClH/c1-27(2)9-8-24-22(30)16-4-6-19-18(14-16)21(23(31)26-19)20-7-5-17(15-25-20)34(32,33)29-12-10-28(3)11-13-29;/h4-7,14-15,26,31H,8-13H2,1-3H3,(H,24,30);1H. The maximum Gasteiger partial charge on any atom is 0.251 e. The molecule has 1 amide bonds. The summed E-state index contributed by atoms with van der Waals surface area (Å²) >= 11 is 0. The van der Waals surface area contributed by atoms with Crippen molar-refractivity contribution >= 4 is 39.2 Å². The lowest BCUT2D eigenvalue weighted by atomic mass is 10.1. The van der Waals surface area contributed by atoms with E-state index in [1.54, 1.807) is 24.3 Å². The average molecular weight is 523 g/mol. The number of rotatable bonds is 7. The SMILES string of the molecule is CN(C)CCNC(=O)c1ccc2[nH]c(O)c(-c3ccc(S(=O)(=O)N4CCN(C)CC4)cn3)c2c1.Cl. The number of pyridine rings is 1. The van der Waals surface area contributed by atoms with Crippen molar-refractivity contribution < 1.29 is 18.3 Å². The number of hydrogen-bond donors (Lipinski definition) is 3. The zero-order valence-electron chi connectivity index (χ0n) is 20.0. The van der Waals surface area contributed by atoms with Crippen molar-refractivity contribution in [3.8, 4) is 17.1 Å². The van der Waals surface area contributed by atoms with E-state index in [1.165, 1.54) is 16.6 Å². The lowest BCUT2D eigenvalue weighted by Crippen LogP contribution is -2.47.